The first kappa shape index (κ1) is 15.4. The summed E-state index contributed by atoms with van der Waals surface area (Å²) in [5.41, 5.74) is 1.62. The number of terminal acetylenes is 1. The second kappa shape index (κ2) is 7.21. The maximum Gasteiger partial charge on any atom is 0.151 e. The van der Waals surface area contributed by atoms with Crippen molar-refractivity contribution in [3.05, 3.63) is 42.2 Å². The third kappa shape index (κ3) is 3.85. The van der Waals surface area contributed by atoms with Crippen LogP contribution >= 0.6 is 0 Å². The van der Waals surface area contributed by atoms with Crippen LogP contribution in [-0.2, 0) is 0 Å². The standard InChI is InChI=1S/C18H19FN4/c1-2-3-10-22-11-13-23(14-12-22)18-9-8-17(20-21-18)15-4-6-16(19)7-5-15/h1,4-9H,3,10-14H2. The molecule has 0 amide bonds. The lowest BCUT2D eigenvalue weighted by atomic mass is 10.1. The molecule has 0 bridgehead atoms. The summed E-state index contributed by atoms with van der Waals surface area (Å²) in [6.07, 6.45) is 6.11. The Labute approximate surface area is 135 Å². The van der Waals surface area contributed by atoms with Gasteiger partial charge in [0.15, 0.2) is 5.82 Å². The van der Waals surface area contributed by atoms with Gasteiger partial charge in [-0.25, -0.2) is 4.39 Å². The smallest absolute Gasteiger partial charge is 0.151 e. The molecule has 0 atom stereocenters. The van der Waals surface area contributed by atoms with Crippen LogP contribution < -0.4 is 4.90 Å². The molecule has 1 aromatic heterocycles. The van der Waals surface area contributed by atoms with Crippen molar-refractivity contribution < 1.29 is 4.39 Å². The van der Waals surface area contributed by atoms with Gasteiger partial charge in [-0.1, -0.05) is 0 Å². The average Bonchev–Trinajstić information content (AvgIpc) is 2.61. The van der Waals surface area contributed by atoms with E-state index in [2.05, 4.69) is 25.9 Å². The SMILES string of the molecule is C#CCCN1CCN(c2ccc(-c3ccc(F)cc3)nn2)CC1. The Bertz CT molecular complexity index is 668. The first-order chi connectivity index (χ1) is 11.3. The molecule has 1 aromatic carbocycles. The Morgan fingerprint density at radius 1 is 1.00 bits per heavy atom. The Morgan fingerprint density at radius 3 is 2.35 bits per heavy atom. The molecular formula is C18H19FN4. The van der Waals surface area contributed by atoms with Crippen LogP contribution in [0, 0.1) is 18.2 Å². The van der Waals surface area contributed by atoms with Gasteiger partial charge in [0.25, 0.3) is 0 Å². The van der Waals surface area contributed by atoms with Crippen molar-refractivity contribution in [1.82, 2.24) is 15.1 Å². The summed E-state index contributed by atoms with van der Waals surface area (Å²) in [6.45, 7) is 4.79. The quantitative estimate of drug-likeness (QED) is 0.812. The highest BCUT2D eigenvalue weighted by Gasteiger charge is 2.17. The molecule has 118 valence electrons. The van der Waals surface area contributed by atoms with E-state index in [4.69, 9.17) is 6.42 Å². The predicted octanol–water partition coefficient (Wildman–Crippen LogP) is 2.43. The van der Waals surface area contributed by atoms with E-state index in [1.807, 2.05) is 12.1 Å². The molecule has 0 spiro atoms. The van der Waals surface area contributed by atoms with Gasteiger partial charge in [-0.2, -0.15) is 0 Å². The lowest BCUT2D eigenvalue weighted by Crippen LogP contribution is -2.46. The molecule has 0 N–H and O–H groups in total. The normalized spacial score (nSPS) is 15.4. The largest absolute Gasteiger partial charge is 0.353 e. The fourth-order valence-electron chi connectivity index (χ4n) is 2.69. The number of anilines is 1. The zero-order valence-corrected chi connectivity index (χ0v) is 13.0. The molecule has 0 unspecified atom stereocenters. The predicted molar refractivity (Wildman–Crippen MR) is 89.5 cm³/mol. The molecular weight excluding hydrogens is 291 g/mol. The van der Waals surface area contributed by atoms with Crippen LogP contribution in [0.25, 0.3) is 11.3 Å². The summed E-state index contributed by atoms with van der Waals surface area (Å²) in [4.78, 5) is 4.60. The van der Waals surface area contributed by atoms with Crippen molar-refractivity contribution in [3.8, 4) is 23.6 Å². The zero-order valence-electron chi connectivity index (χ0n) is 13.0. The highest BCUT2D eigenvalue weighted by atomic mass is 19.1. The van der Waals surface area contributed by atoms with Crippen molar-refractivity contribution in [2.24, 2.45) is 0 Å². The van der Waals surface area contributed by atoms with Crippen LogP contribution in [0.15, 0.2) is 36.4 Å². The van der Waals surface area contributed by atoms with Crippen molar-refractivity contribution in [1.29, 1.82) is 0 Å². The van der Waals surface area contributed by atoms with Crippen LogP contribution in [0.2, 0.25) is 0 Å². The van der Waals surface area contributed by atoms with E-state index in [9.17, 15) is 4.39 Å². The number of aromatic nitrogens is 2. The number of benzene rings is 1. The summed E-state index contributed by atoms with van der Waals surface area (Å²) >= 11 is 0. The van der Waals surface area contributed by atoms with Crippen LogP contribution in [0.3, 0.4) is 0 Å². The molecule has 0 aliphatic carbocycles. The van der Waals surface area contributed by atoms with E-state index in [1.54, 1.807) is 12.1 Å². The van der Waals surface area contributed by atoms with Crippen molar-refractivity contribution >= 4 is 5.82 Å². The van der Waals surface area contributed by atoms with Crippen LogP contribution in [0.4, 0.5) is 10.2 Å². The third-order valence-electron chi connectivity index (χ3n) is 4.06. The molecule has 1 aliphatic rings. The van der Waals surface area contributed by atoms with Crippen LogP contribution in [-0.4, -0.2) is 47.8 Å². The number of rotatable bonds is 4. The van der Waals surface area contributed by atoms with E-state index in [-0.39, 0.29) is 5.82 Å². The van der Waals surface area contributed by atoms with Gasteiger partial charge in [-0.3, -0.25) is 4.90 Å². The van der Waals surface area contributed by atoms with E-state index in [1.165, 1.54) is 12.1 Å². The minimum atomic E-state index is -0.249. The van der Waals surface area contributed by atoms with Gasteiger partial charge in [0.2, 0.25) is 0 Å². The zero-order chi connectivity index (χ0) is 16.1. The van der Waals surface area contributed by atoms with E-state index < -0.39 is 0 Å². The summed E-state index contributed by atoms with van der Waals surface area (Å²) in [5, 5.41) is 8.59. The number of hydrogen-bond donors (Lipinski definition) is 0. The van der Waals surface area contributed by atoms with Gasteiger partial charge in [0.05, 0.1) is 5.69 Å². The van der Waals surface area contributed by atoms with Gasteiger partial charge in [0, 0.05) is 44.7 Å². The Morgan fingerprint density at radius 2 is 1.74 bits per heavy atom. The van der Waals surface area contributed by atoms with E-state index in [0.717, 1.165) is 56.2 Å². The van der Waals surface area contributed by atoms with Gasteiger partial charge in [-0.15, -0.1) is 22.5 Å². The van der Waals surface area contributed by atoms with Crippen LogP contribution in [0.1, 0.15) is 6.42 Å². The Kier molecular flexibility index (Phi) is 4.84. The molecule has 1 fully saturated rings. The van der Waals surface area contributed by atoms with E-state index >= 15 is 0 Å². The Balaban J connectivity index is 1.62. The molecule has 1 aliphatic heterocycles. The minimum absolute atomic E-state index is 0.249. The van der Waals surface area contributed by atoms with Crippen molar-refractivity contribution in [3.63, 3.8) is 0 Å². The first-order valence-corrected chi connectivity index (χ1v) is 7.77. The summed E-state index contributed by atoms with van der Waals surface area (Å²) in [6, 6.07) is 10.2. The van der Waals surface area contributed by atoms with Gasteiger partial charge in [0.1, 0.15) is 5.82 Å². The van der Waals surface area contributed by atoms with Crippen molar-refractivity contribution in [2.75, 3.05) is 37.6 Å². The molecule has 3 rings (SSSR count). The molecule has 0 radical (unpaired) electrons. The third-order valence-corrected chi connectivity index (χ3v) is 4.06. The number of piperazine rings is 1. The Hall–Kier alpha value is -2.45. The highest BCUT2D eigenvalue weighted by molar-refractivity contribution is 5.59. The van der Waals surface area contributed by atoms with Gasteiger partial charge in [-0.05, 0) is 36.4 Å². The number of hydrogen-bond acceptors (Lipinski definition) is 4. The fraction of sp³-hybridized carbons (Fsp3) is 0.333. The molecule has 1 saturated heterocycles. The summed E-state index contributed by atoms with van der Waals surface area (Å²) < 4.78 is 13.0. The fourth-order valence-corrected chi connectivity index (χ4v) is 2.69. The lowest BCUT2D eigenvalue weighted by Gasteiger charge is -2.34. The average molecular weight is 310 g/mol. The number of halogens is 1. The first-order valence-electron chi connectivity index (χ1n) is 7.77. The topological polar surface area (TPSA) is 32.3 Å². The molecule has 23 heavy (non-hydrogen) atoms. The maximum atomic E-state index is 13.0. The molecule has 5 heteroatoms. The monoisotopic (exact) mass is 310 g/mol. The van der Waals surface area contributed by atoms with Crippen molar-refractivity contribution in [2.45, 2.75) is 6.42 Å². The lowest BCUT2D eigenvalue weighted by molar-refractivity contribution is 0.263. The molecule has 4 nitrogen and oxygen atoms in total. The molecule has 0 saturated carbocycles. The molecule has 2 aromatic rings. The minimum Gasteiger partial charge on any atom is -0.353 e. The second-order valence-electron chi connectivity index (χ2n) is 5.57. The second-order valence-corrected chi connectivity index (χ2v) is 5.57. The summed E-state index contributed by atoms with van der Waals surface area (Å²) in [5.74, 6) is 3.31. The molecule has 2 heterocycles. The summed E-state index contributed by atoms with van der Waals surface area (Å²) in [7, 11) is 0. The highest BCUT2D eigenvalue weighted by Crippen LogP contribution is 2.19. The van der Waals surface area contributed by atoms with Gasteiger partial charge >= 0.3 is 0 Å². The number of nitrogens with zero attached hydrogens (tertiary/aromatic N) is 4. The maximum absolute atomic E-state index is 13.0. The van der Waals surface area contributed by atoms with Crippen LogP contribution in [0.5, 0.6) is 0 Å². The van der Waals surface area contributed by atoms with E-state index in [0.29, 0.717) is 0 Å². The van der Waals surface area contributed by atoms with Gasteiger partial charge < -0.3 is 4.90 Å².